The van der Waals surface area contributed by atoms with Crippen LogP contribution in [0.3, 0.4) is 0 Å². The van der Waals surface area contributed by atoms with Crippen molar-refractivity contribution >= 4 is 17.7 Å². The van der Waals surface area contributed by atoms with Crippen LogP contribution in [0.4, 0.5) is 0 Å². The molecule has 1 aromatic carbocycles. The molecule has 2 aliphatic rings. The highest BCUT2D eigenvalue weighted by Crippen LogP contribution is 2.36. The third kappa shape index (κ3) is 2.95. The number of para-hydroxylation sites is 1. The highest BCUT2D eigenvalue weighted by atomic mass is 32.2. The lowest BCUT2D eigenvalue weighted by Gasteiger charge is -2.35. The standard InChI is InChI=1S/C17H19N3O2S/c21-17(15-11-23-16-6-2-1-5-14(16)22-15)20-9-3-4-12(10-20)13-7-8-18-19-13/h1-2,5-8,12,15H,3-4,9-11H2,(H,18,19)/t12-,15+/m0/s1. The molecule has 1 amide bonds. The summed E-state index contributed by atoms with van der Waals surface area (Å²) < 4.78 is 5.94. The second-order valence-corrected chi connectivity index (χ2v) is 7.06. The number of ether oxygens (including phenoxy) is 1. The Bertz CT molecular complexity index is 689. The number of thioether (sulfide) groups is 1. The van der Waals surface area contributed by atoms with Crippen molar-refractivity contribution in [1.82, 2.24) is 15.1 Å². The molecule has 6 heteroatoms. The van der Waals surface area contributed by atoms with Gasteiger partial charge in [0, 0.05) is 41.5 Å². The van der Waals surface area contributed by atoms with Crippen LogP contribution in [0.1, 0.15) is 24.5 Å². The minimum absolute atomic E-state index is 0.108. The van der Waals surface area contributed by atoms with E-state index in [1.54, 1.807) is 18.0 Å². The number of amides is 1. The highest BCUT2D eigenvalue weighted by molar-refractivity contribution is 7.99. The van der Waals surface area contributed by atoms with Gasteiger partial charge in [-0.05, 0) is 31.0 Å². The van der Waals surface area contributed by atoms with Crippen molar-refractivity contribution in [2.75, 3.05) is 18.8 Å². The number of nitrogens with one attached hydrogen (secondary N) is 1. The molecule has 2 aliphatic heterocycles. The fourth-order valence-corrected chi connectivity index (χ4v) is 4.24. The first kappa shape index (κ1) is 14.6. The van der Waals surface area contributed by atoms with Crippen molar-refractivity contribution in [3.05, 3.63) is 42.2 Å². The van der Waals surface area contributed by atoms with E-state index in [0.29, 0.717) is 11.7 Å². The summed E-state index contributed by atoms with van der Waals surface area (Å²) in [5.74, 6) is 1.96. The summed E-state index contributed by atoms with van der Waals surface area (Å²) in [7, 11) is 0. The van der Waals surface area contributed by atoms with Gasteiger partial charge in [0.2, 0.25) is 0 Å². The zero-order valence-electron chi connectivity index (χ0n) is 12.8. The van der Waals surface area contributed by atoms with E-state index in [1.807, 2.05) is 35.2 Å². The lowest BCUT2D eigenvalue weighted by Crippen LogP contribution is -2.48. The van der Waals surface area contributed by atoms with Gasteiger partial charge in [-0.25, -0.2) is 0 Å². The first-order valence-corrected chi connectivity index (χ1v) is 8.96. The van der Waals surface area contributed by atoms with E-state index in [-0.39, 0.29) is 12.0 Å². The summed E-state index contributed by atoms with van der Waals surface area (Å²) in [6, 6.07) is 9.92. The molecule has 3 heterocycles. The zero-order chi connectivity index (χ0) is 15.6. The van der Waals surface area contributed by atoms with E-state index in [0.717, 1.165) is 42.3 Å². The quantitative estimate of drug-likeness (QED) is 0.920. The molecule has 5 nitrogen and oxygen atoms in total. The largest absolute Gasteiger partial charge is 0.479 e. The molecular weight excluding hydrogens is 310 g/mol. The fraction of sp³-hybridized carbons (Fsp3) is 0.412. The Morgan fingerprint density at radius 1 is 1.35 bits per heavy atom. The summed E-state index contributed by atoms with van der Waals surface area (Å²) in [6.07, 6.45) is 3.50. The minimum atomic E-state index is -0.379. The van der Waals surface area contributed by atoms with Crippen LogP contribution >= 0.6 is 11.8 Å². The molecule has 120 valence electrons. The fourth-order valence-electron chi connectivity index (χ4n) is 3.27. The number of hydrogen-bond donors (Lipinski definition) is 1. The molecular formula is C17H19N3O2S. The Morgan fingerprint density at radius 3 is 3.13 bits per heavy atom. The van der Waals surface area contributed by atoms with Crippen LogP contribution in [0.2, 0.25) is 0 Å². The summed E-state index contributed by atoms with van der Waals surface area (Å²) in [5.41, 5.74) is 1.12. The van der Waals surface area contributed by atoms with Gasteiger partial charge in [-0.2, -0.15) is 5.10 Å². The number of carbonyl (C=O) groups excluding carboxylic acids is 1. The number of H-pyrrole nitrogens is 1. The minimum Gasteiger partial charge on any atom is -0.479 e. The Labute approximate surface area is 139 Å². The van der Waals surface area contributed by atoms with Gasteiger partial charge in [0.15, 0.2) is 6.10 Å². The molecule has 1 N–H and O–H groups in total. The smallest absolute Gasteiger partial charge is 0.264 e. The van der Waals surface area contributed by atoms with E-state index in [1.165, 1.54) is 0 Å². The van der Waals surface area contributed by atoms with Gasteiger partial charge in [-0.15, -0.1) is 11.8 Å². The second kappa shape index (κ2) is 6.28. The van der Waals surface area contributed by atoms with Gasteiger partial charge in [-0.3, -0.25) is 9.89 Å². The maximum atomic E-state index is 12.8. The number of likely N-dealkylation sites (tertiary alicyclic amines) is 1. The number of benzene rings is 1. The highest BCUT2D eigenvalue weighted by Gasteiger charge is 2.33. The molecule has 1 fully saturated rings. The molecule has 0 unspecified atom stereocenters. The Kier molecular flexibility index (Phi) is 3.99. The third-order valence-electron chi connectivity index (χ3n) is 4.48. The van der Waals surface area contributed by atoms with Crippen LogP contribution in [0.5, 0.6) is 5.75 Å². The Morgan fingerprint density at radius 2 is 2.26 bits per heavy atom. The maximum Gasteiger partial charge on any atom is 0.264 e. The number of aromatic amines is 1. The van der Waals surface area contributed by atoms with Crippen molar-refractivity contribution < 1.29 is 9.53 Å². The summed E-state index contributed by atoms with van der Waals surface area (Å²) >= 11 is 1.70. The normalized spacial score (nSPS) is 23.9. The van der Waals surface area contributed by atoms with Gasteiger partial charge in [0.1, 0.15) is 5.75 Å². The molecule has 0 saturated carbocycles. The molecule has 4 rings (SSSR count). The van der Waals surface area contributed by atoms with Crippen LogP contribution < -0.4 is 4.74 Å². The van der Waals surface area contributed by atoms with Crippen molar-refractivity contribution in [2.45, 2.75) is 29.8 Å². The summed E-state index contributed by atoms with van der Waals surface area (Å²) in [6.45, 7) is 1.56. The second-order valence-electron chi connectivity index (χ2n) is 6.00. The van der Waals surface area contributed by atoms with Crippen LogP contribution in [0.25, 0.3) is 0 Å². The van der Waals surface area contributed by atoms with Crippen molar-refractivity contribution in [2.24, 2.45) is 0 Å². The average molecular weight is 329 g/mol. The van der Waals surface area contributed by atoms with E-state index >= 15 is 0 Å². The number of piperidine rings is 1. The first-order valence-electron chi connectivity index (χ1n) is 7.98. The molecule has 2 aromatic rings. The molecule has 23 heavy (non-hydrogen) atoms. The molecule has 1 saturated heterocycles. The molecule has 0 spiro atoms. The third-order valence-corrected chi connectivity index (χ3v) is 5.60. The lowest BCUT2D eigenvalue weighted by molar-refractivity contribution is -0.139. The van der Waals surface area contributed by atoms with Crippen LogP contribution in [-0.4, -0.2) is 46.0 Å². The summed E-state index contributed by atoms with van der Waals surface area (Å²) in [5, 5.41) is 7.06. The predicted octanol–water partition coefficient (Wildman–Crippen LogP) is 2.67. The number of fused-ring (bicyclic) bond motifs is 1. The van der Waals surface area contributed by atoms with Crippen molar-refractivity contribution in [3.63, 3.8) is 0 Å². The monoisotopic (exact) mass is 329 g/mol. The zero-order valence-corrected chi connectivity index (χ0v) is 13.6. The lowest BCUT2D eigenvalue weighted by atomic mass is 9.94. The average Bonchev–Trinajstić information content (AvgIpc) is 3.15. The molecule has 1 aromatic heterocycles. The number of rotatable bonds is 2. The molecule has 2 atom stereocenters. The number of hydrogen-bond acceptors (Lipinski definition) is 4. The molecule has 0 radical (unpaired) electrons. The van der Waals surface area contributed by atoms with Gasteiger partial charge in [-0.1, -0.05) is 12.1 Å². The van der Waals surface area contributed by atoms with Gasteiger partial charge in [0.05, 0.1) is 0 Å². The van der Waals surface area contributed by atoms with Crippen LogP contribution in [0.15, 0.2) is 41.4 Å². The number of aromatic nitrogens is 2. The first-order chi connectivity index (χ1) is 11.3. The van der Waals surface area contributed by atoms with Crippen molar-refractivity contribution in [3.8, 4) is 5.75 Å². The maximum absolute atomic E-state index is 12.8. The van der Waals surface area contributed by atoms with Gasteiger partial charge >= 0.3 is 0 Å². The van der Waals surface area contributed by atoms with Crippen LogP contribution in [-0.2, 0) is 4.79 Å². The topological polar surface area (TPSA) is 58.2 Å². The predicted molar refractivity (Wildman–Crippen MR) is 88.7 cm³/mol. The van der Waals surface area contributed by atoms with Crippen molar-refractivity contribution in [1.29, 1.82) is 0 Å². The molecule has 0 aliphatic carbocycles. The Balaban J connectivity index is 1.45. The van der Waals surface area contributed by atoms with Gasteiger partial charge in [0.25, 0.3) is 5.91 Å². The van der Waals surface area contributed by atoms with E-state index in [4.69, 9.17) is 4.74 Å². The number of nitrogens with zero attached hydrogens (tertiary/aromatic N) is 2. The summed E-state index contributed by atoms with van der Waals surface area (Å²) in [4.78, 5) is 15.9. The molecule has 0 bridgehead atoms. The van der Waals surface area contributed by atoms with E-state index < -0.39 is 0 Å². The SMILES string of the molecule is O=C([C@H]1CSc2ccccc2O1)N1CCC[C@H](c2ccn[nH]2)C1. The van der Waals surface area contributed by atoms with Crippen LogP contribution in [0, 0.1) is 0 Å². The Hall–Kier alpha value is -1.95. The van der Waals surface area contributed by atoms with E-state index in [9.17, 15) is 4.79 Å². The number of carbonyl (C=O) groups is 1. The van der Waals surface area contributed by atoms with E-state index in [2.05, 4.69) is 10.2 Å². The van der Waals surface area contributed by atoms with Gasteiger partial charge < -0.3 is 9.64 Å².